The summed E-state index contributed by atoms with van der Waals surface area (Å²) in [5.74, 6) is 0.100. The zero-order valence-electron chi connectivity index (χ0n) is 9.02. The number of thiazole rings is 1. The Balaban J connectivity index is 2.28. The van der Waals surface area contributed by atoms with Gasteiger partial charge in [-0.1, -0.05) is 11.3 Å². The number of rotatable bonds is 3. The SMILES string of the molecule is Cc1sc(=O)n(CC(=O)c2ccco2)c1C. The average molecular weight is 237 g/mol. The van der Waals surface area contributed by atoms with E-state index in [9.17, 15) is 9.59 Å². The van der Waals surface area contributed by atoms with E-state index in [1.165, 1.54) is 10.8 Å². The molecule has 0 aliphatic rings. The second kappa shape index (κ2) is 4.09. The van der Waals surface area contributed by atoms with Gasteiger partial charge < -0.3 is 4.42 Å². The van der Waals surface area contributed by atoms with Gasteiger partial charge in [0.15, 0.2) is 5.76 Å². The van der Waals surface area contributed by atoms with Gasteiger partial charge in [-0.3, -0.25) is 14.2 Å². The Morgan fingerprint density at radius 2 is 2.25 bits per heavy atom. The quantitative estimate of drug-likeness (QED) is 0.767. The fraction of sp³-hybridized carbons (Fsp3) is 0.273. The van der Waals surface area contributed by atoms with Crippen LogP contribution in [0.25, 0.3) is 0 Å². The number of aryl methyl sites for hydroxylation is 1. The summed E-state index contributed by atoms with van der Waals surface area (Å²) >= 11 is 1.16. The van der Waals surface area contributed by atoms with Crippen LogP contribution >= 0.6 is 11.3 Å². The fourth-order valence-electron chi connectivity index (χ4n) is 1.43. The highest BCUT2D eigenvalue weighted by atomic mass is 32.1. The number of ketones is 1. The fourth-order valence-corrected chi connectivity index (χ4v) is 2.26. The van der Waals surface area contributed by atoms with Gasteiger partial charge in [-0.2, -0.15) is 0 Å². The third kappa shape index (κ3) is 1.86. The van der Waals surface area contributed by atoms with Crippen LogP contribution in [0.2, 0.25) is 0 Å². The van der Waals surface area contributed by atoms with Crippen LogP contribution in [0.1, 0.15) is 21.1 Å². The first-order valence-electron chi connectivity index (χ1n) is 4.83. The highest BCUT2D eigenvalue weighted by Gasteiger charge is 2.14. The first-order chi connectivity index (χ1) is 7.59. The van der Waals surface area contributed by atoms with Crippen molar-refractivity contribution in [3.05, 3.63) is 44.4 Å². The van der Waals surface area contributed by atoms with Crippen molar-refractivity contribution in [1.29, 1.82) is 0 Å². The summed E-state index contributed by atoms with van der Waals surface area (Å²) in [6.45, 7) is 3.75. The van der Waals surface area contributed by atoms with Gasteiger partial charge in [-0.15, -0.1) is 0 Å². The van der Waals surface area contributed by atoms with Crippen LogP contribution in [0.15, 0.2) is 27.6 Å². The molecule has 0 unspecified atom stereocenters. The third-order valence-electron chi connectivity index (χ3n) is 2.47. The molecular weight excluding hydrogens is 226 g/mol. The smallest absolute Gasteiger partial charge is 0.307 e. The van der Waals surface area contributed by atoms with Crippen LogP contribution in [0.5, 0.6) is 0 Å². The van der Waals surface area contributed by atoms with Crippen LogP contribution in [-0.2, 0) is 6.54 Å². The summed E-state index contributed by atoms with van der Waals surface area (Å²) in [5.41, 5.74) is 0.843. The molecule has 16 heavy (non-hydrogen) atoms. The lowest BCUT2D eigenvalue weighted by Gasteiger charge is -2.01. The second-order valence-electron chi connectivity index (χ2n) is 3.50. The molecule has 84 valence electrons. The van der Waals surface area contributed by atoms with Crippen molar-refractivity contribution in [2.75, 3.05) is 0 Å². The van der Waals surface area contributed by atoms with Gasteiger partial charge in [0.05, 0.1) is 12.8 Å². The molecule has 0 aromatic carbocycles. The summed E-state index contributed by atoms with van der Waals surface area (Å²) in [6, 6.07) is 3.25. The number of carbonyl (C=O) groups excluding carboxylic acids is 1. The van der Waals surface area contributed by atoms with Crippen molar-refractivity contribution in [3.8, 4) is 0 Å². The van der Waals surface area contributed by atoms with Crippen molar-refractivity contribution < 1.29 is 9.21 Å². The van der Waals surface area contributed by atoms with Crippen LogP contribution in [-0.4, -0.2) is 10.4 Å². The second-order valence-corrected chi connectivity index (χ2v) is 4.66. The number of hydrogen-bond donors (Lipinski definition) is 0. The monoisotopic (exact) mass is 237 g/mol. The lowest BCUT2D eigenvalue weighted by Crippen LogP contribution is -2.20. The summed E-state index contributed by atoms with van der Waals surface area (Å²) in [6.07, 6.45) is 1.45. The van der Waals surface area contributed by atoms with E-state index < -0.39 is 0 Å². The van der Waals surface area contributed by atoms with Gasteiger partial charge in [0, 0.05) is 10.6 Å². The standard InChI is InChI=1S/C11H11NO3S/c1-7-8(2)16-11(14)12(7)6-9(13)10-4-3-5-15-10/h3-5H,6H2,1-2H3. The summed E-state index contributed by atoms with van der Waals surface area (Å²) in [7, 11) is 0. The van der Waals surface area contributed by atoms with E-state index in [4.69, 9.17) is 4.42 Å². The highest BCUT2D eigenvalue weighted by molar-refractivity contribution is 7.09. The molecule has 2 aromatic heterocycles. The number of hydrogen-bond acceptors (Lipinski definition) is 4. The van der Waals surface area contributed by atoms with Crippen LogP contribution in [0.4, 0.5) is 0 Å². The van der Waals surface area contributed by atoms with Gasteiger partial charge in [0.2, 0.25) is 5.78 Å². The van der Waals surface area contributed by atoms with Crippen LogP contribution in [0.3, 0.4) is 0 Å². The van der Waals surface area contributed by atoms with Gasteiger partial charge in [-0.25, -0.2) is 0 Å². The number of carbonyl (C=O) groups is 1. The third-order valence-corrected chi connectivity index (χ3v) is 3.47. The first kappa shape index (κ1) is 10.9. The molecule has 0 aliphatic heterocycles. The van der Waals surface area contributed by atoms with Crippen molar-refractivity contribution in [1.82, 2.24) is 4.57 Å². The summed E-state index contributed by atoms with van der Waals surface area (Å²) in [4.78, 5) is 24.1. The van der Waals surface area contributed by atoms with E-state index in [1.54, 1.807) is 12.1 Å². The molecule has 4 nitrogen and oxygen atoms in total. The molecule has 0 spiro atoms. The molecule has 5 heteroatoms. The van der Waals surface area contributed by atoms with Gasteiger partial charge in [-0.05, 0) is 26.0 Å². The Kier molecular flexibility index (Phi) is 2.78. The zero-order chi connectivity index (χ0) is 11.7. The molecule has 0 saturated heterocycles. The molecule has 0 saturated carbocycles. The molecule has 0 N–H and O–H groups in total. The van der Waals surface area contributed by atoms with Crippen LogP contribution in [0, 0.1) is 13.8 Å². The largest absolute Gasteiger partial charge is 0.461 e. The molecule has 0 fully saturated rings. The van der Waals surface area contributed by atoms with Crippen molar-refractivity contribution >= 4 is 17.1 Å². The summed E-state index contributed by atoms with van der Waals surface area (Å²) < 4.78 is 6.47. The molecule has 0 radical (unpaired) electrons. The minimum Gasteiger partial charge on any atom is -0.461 e. The lowest BCUT2D eigenvalue weighted by atomic mass is 10.3. The maximum absolute atomic E-state index is 11.7. The van der Waals surface area contributed by atoms with Crippen LogP contribution < -0.4 is 4.87 Å². The van der Waals surface area contributed by atoms with E-state index in [-0.39, 0.29) is 23.0 Å². The van der Waals surface area contributed by atoms with Gasteiger partial charge in [0.1, 0.15) is 0 Å². The normalized spacial score (nSPS) is 10.6. The van der Waals surface area contributed by atoms with E-state index in [0.717, 1.165) is 21.9 Å². The average Bonchev–Trinajstić information content (AvgIpc) is 2.83. The van der Waals surface area contributed by atoms with Gasteiger partial charge >= 0.3 is 4.87 Å². The number of Topliss-reactive ketones (excluding diaryl/α,β-unsaturated/α-hetero) is 1. The predicted molar refractivity (Wildman–Crippen MR) is 61.1 cm³/mol. The van der Waals surface area contributed by atoms with Crippen molar-refractivity contribution in [3.63, 3.8) is 0 Å². The van der Waals surface area contributed by atoms with Crippen molar-refractivity contribution in [2.45, 2.75) is 20.4 Å². The highest BCUT2D eigenvalue weighted by Crippen LogP contribution is 2.11. The molecule has 0 aliphatic carbocycles. The minimum atomic E-state index is -0.187. The zero-order valence-corrected chi connectivity index (χ0v) is 9.84. The number of furan rings is 1. The molecule has 2 rings (SSSR count). The predicted octanol–water partition coefficient (Wildman–Crippen LogP) is 2.00. The Bertz CT molecular complexity index is 563. The Morgan fingerprint density at radius 3 is 2.75 bits per heavy atom. The van der Waals surface area contributed by atoms with Gasteiger partial charge in [0.25, 0.3) is 0 Å². The van der Waals surface area contributed by atoms with E-state index >= 15 is 0 Å². The molecule has 2 heterocycles. The summed E-state index contributed by atoms with van der Waals surface area (Å²) in [5, 5.41) is 0. The Hall–Kier alpha value is -1.62. The molecule has 0 amide bonds. The lowest BCUT2D eigenvalue weighted by molar-refractivity contribution is 0.0943. The minimum absolute atomic E-state index is 0.0442. The molecular formula is C11H11NO3S. The molecule has 2 aromatic rings. The Labute approximate surface area is 96.1 Å². The number of nitrogens with zero attached hydrogens (tertiary/aromatic N) is 1. The first-order valence-corrected chi connectivity index (χ1v) is 5.65. The maximum Gasteiger partial charge on any atom is 0.307 e. The van der Waals surface area contributed by atoms with E-state index in [0.29, 0.717) is 0 Å². The van der Waals surface area contributed by atoms with E-state index in [1.807, 2.05) is 13.8 Å². The number of aromatic nitrogens is 1. The Morgan fingerprint density at radius 1 is 1.50 bits per heavy atom. The maximum atomic E-state index is 11.7. The molecule has 0 bridgehead atoms. The topological polar surface area (TPSA) is 52.2 Å². The van der Waals surface area contributed by atoms with E-state index in [2.05, 4.69) is 0 Å². The molecule has 0 atom stereocenters. The van der Waals surface area contributed by atoms with Crippen molar-refractivity contribution in [2.24, 2.45) is 0 Å².